The molecule has 1 amide bonds. The van der Waals surface area contributed by atoms with E-state index in [1.807, 2.05) is 6.92 Å². The van der Waals surface area contributed by atoms with Crippen molar-refractivity contribution in [2.45, 2.75) is 45.2 Å². The summed E-state index contributed by atoms with van der Waals surface area (Å²) >= 11 is 1.12. The lowest BCUT2D eigenvalue weighted by Gasteiger charge is -2.35. The first-order chi connectivity index (χ1) is 14.4. The van der Waals surface area contributed by atoms with Gasteiger partial charge in [0.25, 0.3) is 5.56 Å². The van der Waals surface area contributed by atoms with Gasteiger partial charge in [0.1, 0.15) is 22.9 Å². The number of aromatic nitrogens is 2. The van der Waals surface area contributed by atoms with E-state index in [1.165, 1.54) is 4.57 Å². The van der Waals surface area contributed by atoms with Gasteiger partial charge in [0.15, 0.2) is 0 Å². The molecule has 4 rings (SSSR count). The molecule has 3 heterocycles. The monoisotopic (exact) mass is 433 g/mol. The molecular weight excluding hydrogens is 412 g/mol. The standard InChI is InChI=1S/C21H21F2N3O3S/c1-2-15-5-3-4-7-24(15)18(27)12-25-17-6-8-30-19(17)20(28)26(21(25)29)16-10-13(22)9-14(23)11-16/h6,8-11,15H,2-5,7,12H2,1H3. The van der Waals surface area contributed by atoms with Crippen LogP contribution in [0.15, 0.2) is 39.2 Å². The zero-order valence-corrected chi connectivity index (χ0v) is 17.3. The van der Waals surface area contributed by atoms with Crippen molar-refractivity contribution >= 4 is 27.5 Å². The summed E-state index contributed by atoms with van der Waals surface area (Å²) in [6.45, 7) is 2.42. The fourth-order valence-electron chi connectivity index (χ4n) is 4.12. The molecule has 6 nitrogen and oxygen atoms in total. The van der Waals surface area contributed by atoms with Crippen LogP contribution in [0.2, 0.25) is 0 Å². The molecule has 2 aromatic heterocycles. The molecule has 0 aliphatic carbocycles. The Morgan fingerprint density at radius 2 is 1.90 bits per heavy atom. The van der Waals surface area contributed by atoms with Gasteiger partial charge >= 0.3 is 5.69 Å². The van der Waals surface area contributed by atoms with Crippen LogP contribution in [0.25, 0.3) is 15.9 Å². The summed E-state index contributed by atoms with van der Waals surface area (Å²) in [5, 5.41) is 1.65. The summed E-state index contributed by atoms with van der Waals surface area (Å²) < 4.78 is 29.7. The molecule has 0 N–H and O–H groups in total. The number of carbonyl (C=O) groups is 1. The number of hydrogen-bond donors (Lipinski definition) is 0. The van der Waals surface area contributed by atoms with Crippen molar-refractivity contribution < 1.29 is 13.6 Å². The van der Waals surface area contributed by atoms with Crippen LogP contribution in [0, 0.1) is 11.6 Å². The van der Waals surface area contributed by atoms with Crippen LogP contribution in [-0.2, 0) is 11.3 Å². The topological polar surface area (TPSA) is 64.3 Å². The van der Waals surface area contributed by atoms with E-state index < -0.39 is 22.9 Å². The predicted octanol–water partition coefficient (Wildman–Crippen LogP) is 3.28. The largest absolute Gasteiger partial charge is 0.338 e. The molecule has 1 atom stereocenters. The van der Waals surface area contributed by atoms with E-state index >= 15 is 0 Å². The smallest absolute Gasteiger partial charge is 0.336 e. The summed E-state index contributed by atoms with van der Waals surface area (Å²) in [6.07, 6.45) is 3.73. The molecule has 0 saturated carbocycles. The maximum Gasteiger partial charge on any atom is 0.336 e. The van der Waals surface area contributed by atoms with Gasteiger partial charge in [0.2, 0.25) is 5.91 Å². The average Bonchev–Trinajstić information content (AvgIpc) is 3.20. The van der Waals surface area contributed by atoms with E-state index in [-0.39, 0.29) is 28.9 Å². The molecule has 1 aliphatic heterocycles. The summed E-state index contributed by atoms with van der Waals surface area (Å²) in [7, 11) is 0. The number of rotatable bonds is 4. The maximum absolute atomic E-state index is 13.7. The Labute approximate surface area is 175 Å². The lowest BCUT2D eigenvalue weighted by molar-refractivity contribution is -0.135. The lowest BCUT2D eigenvalue weighted by Crippen LogP contribution is -2.47. The zero-order valence-electron chi connectivity index (χ0n) is 16.4. The number of amides is 1. The third kappa shape index (κ3) is 3.58. The van der Waals surface area contributed by atoms with Gasteiger partial charge in [-0.25, -0.2) is 18.1 Å². The van der Waals surface area contributed by atoms with Crippen LogP contribution in [0.4, 0.5) is 8.78 Å². The maximum atomic E-state index is 13.7. The van der Waals surface area contributed by atoms with Gasteiger partial charge in [-0.15, -0.1) is 11.3 Å². The molecule has 1 fully saturated rings. The lowest BCUT2D eigenvalue weighted by atomic mass is 10.00. The van der Waals surface area contributed by atoms with Gasteiger partial charge in [-0.1, -0.05) is 6.92 Å². The van der Waals surface area contributed by atoms with Crippen molar-refractivity contribution in [1.82, 2.24) is 14.0 Å². The quantitative estimate of drug-likeness (QED) is 0.634. The van der Waals surface area contributed by atoms with Crippen LogP contribution in [0.5, 0.6) is 0 Å². The van der Waals surface area contributed by atoms with Crippen LogP contribution < -0.4 is 11.2 Å². The first kappa shape index (κ1) is 20.5. The van der Waals surface area contributed by atoms with Gasteiger partial charge in [-0.05, 0) is 49.3 Å². The highest BCUT2D eigenvalue weighted by Crippen LogP contribution is 2.21. The Balaban J connectivity index is 1.84. The minimum Gasteiger partial charge on any atom is -0.338 e. The molecule has 1 aliphatic rings. The second-order valence-electron chi connectivity index (χ2n) is 7.42. The van der Waals surface area contributed by atoms with Crippen molar-refractivity contribution in [3.8, 4) is 5.69 Å². The minimum atomic E-state index is -0.899. The molecule has 0 bridgehead atoms. The number of carbonyl (C=O) groups excluding carboxylic acids is 1. The van der Waals surface area contributed by atoms with Gasteiger partial charge in [0, 0.05) is 18.7 Å². The van der Waals surface area contributed by atoms with E-state index in [4.69, 9.17) is 0 Å². The second-order valence-corrected chi connectivity index (χ2v) is 8.33. The number of nitrogens with zero attached hydrogens (tertiary/aromatic N) is 3. The SMILES string of the molecule is CCC1CCCCN1C(=O)Cn1c(=O)n(-c2cc(F)cc(F)c2)c(=O)c2sccc21. The normalized spacial score (nSPS) is 16.9. The second kappa shape index (κ2) is 8.14. The number of piperidine rings is 1. The molecule has 30 heavy (non-hydrogen) atoms. The van der Waals surface area contributed by atoms with Crippen LogP contribution in [-0.4, -0.2) is 32.5 Å². The molecule has 3 aromatic rings. The van der Waals surface area contributed by atoms with Crippen LogP contribution in [0.3, 0.4) is 0 Å². The highest BCUT2D eigenvalue weighted by atomic mass is 32.1. The number of fused-ring (bicyclic) bond motifs is 1. The van der Waals surface area contributed by atoms with Gasteiger partial charge in [0.05, 0.1) is 11.2 Å². The van der Waals surface area contributed by atoms with E-state index in [2.05, 4.69) is 0 Å². The van der Waals surface area contributed by atoms with E-state index in [0.29, 0.717) is 18.1 Å². The summed E-state index contributed by atoms with van der Waals surface area (Å²) in [4.78, 5) is 41.0. The molecule has 1 saturated heterocycles. The van der Waals surface area contributed by atoms with Crippen molar-refractivity contribution in [2.24, 2.45) is 0 Å². The van der Waals surface area contributed by atoms with Crippen LogP contribution >= 0.6 is 11.3 Å². The van der Waals surface area contributed by atoms with Crippen molar-refractivity contribution in [2.75, 3.05) is 6.54 Å². The zero-order chi connectivity index (χ0) is 21.4. The highest BCUT2D eigenvalue weighted by molar-refractivity contribution is 7.17. The van der Waals surface area contributed by atoms with Gasteiger partial charge < -0.3 is 4.90 Å². The Hall–Kier alpha value is -2.81. The number of halogens is 2. The van der Waals surface area contributed by atoms with E-state index in [9.17, 15) is 23.2 Å². The fraction of sp³-hybridized carbons (Fsp3) is 0.381. The summed E-state index contributed by atoms with van der Waals surface area (Å²) in [5.41, 5.74) is -1.32. The van der Waals surface area contributed by atoms with E-state index in [1.54, 1.807) is 16.3 Å². The molecule has 1 aromatic carbocycles. The molecule has 0 radical (unpaired) electrons. The van der Waals surface area contributed by atoms with Crippen molar-refractivity contribution in [3.05, 3.63) is 62.1 Å². The Kier molecular flexibility index (Phi) is 5.55. The summed E-state index contributed by atoms with van der Waals surface area (Å²) in [6, 6.07) is 4.26. The third-order valence-corrected chi connectivity index (χ3v) is 6.46. The highest BCUT2D eigenvalue weighted by Gasteiger charge is 2.27. The molecule has 9 heteroatoms. The first-order valence-electron chi connectivity index (χ1n) is 9.89. The van der Waals surface area contributed by atoms with Crippen LogP contribution in [0.1, 0.15) is 32.6 Å². The minimum absolute atomic E-state index is 0.128. The molecular formula is C21H21F2N3O3S. The number of benzene rings is 1. The fourth-order valence-corrected chi connectivity index (χ4v) is 4.94. The third-order valence-electron chi connectivity index (χ3n) is 5.57. The van der Waals surface area contributed by atoms with Gasteiger partial charge in [-0.3, -0.25) is 14.2 Å². The first-order valence-corrected chi connectivity index (χ1v) is 10.8. The van der Waals surface area contributed by atoms with Crippen molar-refractivity contribution in [3.63, 3.8) is 0 Å². The number of thiophene rings is 1. The Bertz CT molecular complexity index is 1210. The molecule has 0 spiro atoms. The van der Waals surface area contributed by atoms with Gasteiger partial charge in [-0.2, -0.15) is 0 Å². The Morgan fingerprint density at radius 1 is 1.17 bits per heavy atom. The van der Waals surface area contributed by atoms with Crippen molar-refractivity contribution in [1.29, 1.82) is 0 Å². The number of hydrogen-bond acceptors (Lipinski definition) is 4. The average molecular weight is 433 g/mol. The molecule has 158 valence electrons. The van der Waals surface area contributed by atoms with E-state index in [0.717, 1.165) is 53.7 Å². The Morgan fingerprint density at radius 3 is 2.60 bits per heavy atom. The number of likely N-dealkylation sites (tertiary alicyclic amines) is 1. The summed E-state index contributed by atoms with van der Waals surface area (Å²) in [5.74, 6) is -2.00. The molecule has 1 unspecified atom stereocenters. The predicted molar refractivity (Wildman–Crippen MR) is 111 cm³/mol.